The van der Waals surface area contributed by atoms with Crippen molar-refractivity contribution >= 4 is 22.8 Å². The van der Waals surface area contributed by atoms with E-state index in [9.17, 15) is 9.59 Å². The topological polar surface area (TPSA) is 62.6 Å². The minimum absolute atomic E-state index is 0.00708. The second kappa shape index (κ2) is 4.76. The molecule has 1 saturated heterocycles. The zero-order chi connectivity index (χ0) is 13.2. The summed E-state index contributed by atoms with van der Waals surface area (Å²) in [6, 6.07) is 7.45. The van der Waals surface area contributed by atoms with E-state index in [2.05, 4.69) is 5.32 Å². The summed E-state index contributed by atoms with van der Waals surface area (Å²) in [5.74, 6) is -0.0891. The van der Waals surface area contributed by atoms with Crippen LogP contribution in [-0.4, -0.2) is 36.3 Å². The number of furan rings is 1. The molecule has 5 heteroatoms. The maximum Gasteiger partial charge on any atom is 0.257 e. The van der Waals surface area contributed by atoms with Crippen LogP contribution in [0.5, 0.6) is 0 Å². The minimum atomic E-state index is -0.0820. The molecule has 1 aromatic heterocycles. The highest BCUT2D eigenvalue weighted by molar-refractivity contribution is 6.06. The molecule has 0 bridgehead atoms. The van der Waals surface area contributed by atoms with Crippen LogP contribution in [0.2, 0.25) is 0 Å². The Balaban J connectivity index is 1.89. The second-order valence-corrected chi connectivity index (χ2v) is 4.54. The fraction of sp³-hybridized carbons (Fsp3) is 0.286. The molecular formula is C14H14N2O3. The van der Waals surface area contributed by atoms with Gasteiger partial charge in [-0.05, 0) is 6.07 Å². The van der Waals surface area contributed by atoms with Crippen molar-refractivity contribution in [3.05, 3.63) is 36.1 Å². The third kappa shape index (κ3) is 2.19. The van der Waals surface area contributed by atoms with Gasteiger partial charge in [0.15, 0.2) is 0 Å². The van der Waals surface area contributed by atoms with Gasteiger partial charge in [0.1, 0.15) is 11.8 Å². The fourth-order valence-electron chi connectivity index (χ4n) is 2.28. The molecule has 0 spiro atoms. The van der Waals surface area contributed by atoms with Crippen LogP contribution in [0, 0.1) is 0 Å². The Kier molecular flexibility index (Phi) is 2.95. The predicted octanol–water partition coefficient (Wildman–Crippen LogP) is 1.39. The SMILES string of the molecule is O=C1CCN(C(=O)c2coc3ccccc23)CCN1. The lowest BCUT2D eigenvalue weighted by molar-refractivity contribution is -0.120. The van der Waals surface area contributed by atoms with Crippen LogP contribution in [0.25, 0.3) is 11.0 Å². The minimum Gasteiger partial charge on any atom is -0.463 e. The van der Waals surface area contributed by atoms with Crippen LogP contribution in [0.1, 0.15) is 16.8 Å². The van der Waals surface area contributed by atoms with Gasteiger partial charge in [0.05, 0.1) is 5.56 Å². The lowest BCUT2D eigenvalue weighted by Crippen LogP contribution is -2.34. The van der Waals surface area contributed by atoms with Crippen molar-refractivity contribution in [2.45, 2.75) is 6.42 Å². The van der Waals surface area contributed by atoms with Crippen LogP contribution in [-0.2, 0) is 4.79 Å². The summed E-state index contributed by atoms with van der Waals surface area (Å²) in [5.41, 5.74) is 1.26. The molecule has 3 rings (SSSR count). The van der Waals surface area contributed by atoms with Crippen molar-refractivity contribution in [1.29, 1.82) is 0 Å². The maximum absolute atomic E-state index is 12.5. The van der Waals surface area contributed by atoms with E-state index in [-0.39, 0.29) is 11.8 Å². The number of fused-ring (bicyclic) bond motifs is 1. The Labute approximate surface area is 110 Å². The summed E-state index contributed by atoms with van der Waals surface area (Å²) in [5, 5.41) is 3.57. The molecule has 0 atom stereocenters. The largest absolute Gasteiger partial charge is 0.463 e. The van der Waals surface area contributed by atoms with Crippen molar-refractivity contribution in [1.82, 2.24) is 10.2 Å². The Morgan fingerprint density at radius 3 is 3.00 bits per heavy atom. The van der Waals surface area contributed by atoms with E-state index in [1.807, 2.05) is 24.3 Å². The molecule has 98 valence electrons. The smallest absolute Gasteiger partial charge is 0.257 e. The molecule has 1 aliphatic rings. The van der Waals surface area contributed by atoms with Gasteiger partial charge in [-0.15, -0.1) is 0 Å². The number of nitrogens with zero attached hydrogens (tertiary/aromatic N) is 1. The van der Waals surface area contributed by atoms with Gasteiger partial charge in [-0.1, -0.05) is 18.2 Å². The van der Waals surface area contributed by atoms with E-state index in [0.29, 0.717) is 37.2 Å². The summed E-state index contributed by atoms with van der Waals surface area (Å²) in [6.07, 6.45) is 1.84. The molecule has 1 fully saturated rings. The third-order valence-corrected chi connectivity index (χ3v) is 3.31. The molecule has 1 N–H and O–H groups in total. The van der Waals surface area contributed by atoms with Gasteiger partial charge in [0.2, 0.25) is 5.91 Å². The average Bonchev–Trinajstić information content (AvgIpc) is 2.74. The van der Waals surface area contributed by atoms with Gasteiger partial charge in [0.25, 0.3) is 5.91 Å². The van der Waals surface area contributed by atoms with Crippen LogP contribution >= 0.6 is 0 Å². The highest BCUT2D eigenvalue weighted by Crippen LogP contribution is 2.22. The summed E-state index contributed by atoms with van der Waals surface area (Å²) >= 11 is 0. The van der Waals surface area contributed by atoms with Crippen molar-refractivity contribution in [2.24, 2.45) is 0 Å². The third-order valence-electron chi connectivity index (χ3n) is 3.31. The molecule has 0 aliphatic carbocycles. The number of hydrogen-bond donors (Lipinski definition) is 1. The first-order valence-electron chi connectivity index (χ1n) is 6.28. The van der Waals surface area contributed by atoms with E-state index in [1.165, 1.54) is 6.26 Å². The number of carbonyl (C=O) groups is 2. The van der Waals surface area contributed by atoms with E-state index < -0.39 is 0 Å². The van der Waals surface area contributed by atoms with Crippen molar-refractivity contribution in [2.75, 3.05) is 19.6 Å². The van der Waals surface area contributed by atoms with Crippen LogP contribution in [0.3, 0.4) is 0 Å². The maximum atomic E-state index is 12.5. The van der Waals surface area contributed by atoms with Crippen molar-refractivity contribution in [3.8, 4) is 0 Å². The number of rotatable bonds is 1. The van der Waals surface area contributed by atoms with Crippen LogP contribution < -0.4 is 5.32 Å². The quantitative estimate of drug-likeness (QED) is 0.841. The fourth-order valence-corrected chi connectivity index (χ4v) is 2.28. The molecule has 1 aromatic carbocycles. The molecule has 0 saturated carbocycles. The molecular weight excluding hydrogens is 244 g/mol. The molecule has 2 amide bonds. The molecule has 5 nitrogen and oxygen atoms in total. The number of carbonyl (C=O) groups excluding carboxylic acids is 2. The average molecular weight is 258 g/mol. The first kappa shape index (κ1) is 11.8. The van der Waals surface area contributed by atoms with Gasteiger partial charge in [0, 0.05) is 31.4 Å². The summed E-state index contributed by atoms with van der Waals surface area (Å²) in [4.78, 5) is 25.4. The summed E-state index contributed by atoms with van der Waals surface area (Å²) in [7, 11) is 0. The first-order chi connectivity index (χ1) is 9.25. The zero-order valence-electron chi connectivity index (χ0n) is 10.4. The molecule has 0 radical (unpaired) electrons. The monoisotopic (exact) mass is 258 g/mol. The highest BCUT2D eigenvalue weighted by Gasteiger charge is 2.22. The van der Waals surface area contributed by atoms with Gasteiger partial charge in [-0.3, -0.25) is 9.59 Å². The van der Waals surface area contributed by atoms with Gasteiger partial charge < -0.3 is 14.6 Å². The number of nitrogens with one attached hydrogen (secondary N) is 1. The highest BCUT2D eigenvalue weighted by atomic mass is 16.3. The second-order valence-electron chi connectivity index (χ2n) is 4.54. The standard InChI is InChI=1S/C14H14N2O3/c17-13-5-7-16(8-6-15-13)14(18)11-9-19-12-4-2-1-3-10(11)12/h1-4,9H,5-8H2,(H,15,17). The Morgan fingerprint density at radius 2 is 2.11 bits per heavy atom. The van der Waals surface area contributed by atoms with E-state index in [1.54, 1.807) is 4.90 Å². The number of para-hydroxylation sites is 1. The Hall–Kier alpha value is -2.30. The molecule has 19 heavy (non-hydrogen) atoms. The normalized spacial score (nSPS) is 16.2. The Morgan fingerprint density at radius 1 is 1.26 bits per heavy atom. The molecule has 1 aliphatic heterocycles. The van der Waals surface area contributed by atoms with Gasteiger partial charge in [-0.2, -0.15) is 0 Å². The number of benzene rings is 1. The lowest BCUT2D eigenvalue weighted by atomic mass is 10.1. The van der Waals surface area contributed by atoms with Gasteiger partial charge >= 0.3 is 0 Å². The first-order valence-corrected chi connectivity index (χ1v) is 6.28. The zero-order valence-corrected chi connectivity index (χ0v) is 10.4. The summed E-state index contributed by atoms with van der Waals surface area (Å²) in [6.45, 7) is 1.48. The number of amides is 2. The van der Waals surface area contributed by atoms with Crippen LogP contribution in [0.4, 0.5) is 0 Å². The van der Waals surface area contributed by atoms with Crippen molar-refractivity contribution < 1.29 is 14.0 Å². The van der Waals surface area contributed by atoms with Crippen molar-refractivity contribution in [3.63, 3.8) is 0 Å². The van der Waals surface area contributed by atoms with E-state index >= 15 is 0 Å². The lowest BCUT2D eigenvalue weighted by Gasteiger charge is -2.18. The van der Waals surface area contributed by atoms with E-state index in [4.69, 9.17) is 4.42 Å². The molecule has 2 heterocycles. The van der Waals surface area contributed by atoms with E-state index in [0.717, 1.165) is 5.39 Å². The number of hydrogen-bond acceptors (Lipinski definition) is 3. The molecule has 0 unspecified atom stereocenters. The molecule has 2 aromatic rings. The van der Waals surface area contributed by atoms with Crippen LogP contribution in [0.15, 0.2) is 34.9 Å². The predicted molar refractivity (Wildman–Crippen MR) is 69.7 cm³/mol. The Bertz CT molecular complexity index is 632. The summed E-state index contributed by atoms with van der Waals surface area (Å²) < 4.78 is 5.38. The van der Waals surface area contributed by atoms with Gasteiger partial charge in [-0.25, -0.2) is 0 Å².